The van der Waals surface area contributed by atoms with Crippen LogP contribution in [-0.2, 0) is 17.6 Å². The van der Waals surface area contributed by atoms with Crippen LogP contribution in [0, 0.1) is 5.92 Å². The molecule has 0 atom stereocenters. The average Bonchev–Trinajstić information content (AvgIpc) is 2.91. The van der Waals surface area contributed by atoms with Crippen molar-refractivity contribution in [3.63, 3.8) is 0 Å². The number of aromatic nitrogens is 1. The Kier molecular flexibility index (Phi) is 3.39. The lowest BCUT2D eigenvalue weighted by molar-refractivity contribution is -0.119. The van der Waals surface area contributed by atoms with E-state index in [-0.39, 0.29) is 17.5 Å². The Bertz CT molecular complexity index is 687. The van der Waals surface area contributed by atoms with Gasteiger partial charge in [-0.05, 0) is 36.1 Å². The summed E-state index contributed by atoms with van der Waals surface area (Å²) in [6, 6.07) is 11.3. The highest BCUT2D eigenvalue weighted by Gasteiger charge is 2.27. The second kappa shape index (κ2) is 5.36. The van der Waals surface area contributed by atoms with Gasteiger partial charge in [-0.25, -0.2) is 4.98 Å². The number of nitrogens with one attached hydrogen (secondary N) is 1. The number of carbonyl (C=O) groups excluding carboxylic acids is 2. The Balaban J connectivity index is 1.76. The summed E-state index contributed by atoms with van der Waals surface area (Å²) in [5.74, 6) is -0.884. The van der Waals surface area contributed by atoms with Crippen molar-refractivity contribution in [2.24, 2.45) is 11.7 Å². The Morgan fingerprint density at radius 3 is 2.38 bits per heavy atom. The fourth-order valence-electron chi connectivity index (χ4n) is 2.68. The number of pyridine rings is 1. The Morgan fingerprint density at radius 2 is 1.76 bits per heavy atom. The number of nitrogens with zero attached hydrogens (tertiary/aromatic N) is 1. The van der Waals surface area contributed by atoms with Crippen molar-refractivity contribution in [1.82, 2.24) is 4.98 Å². The van der Waals surface area contributed by atoms with Crippen LogP contribution in [0.5, 0.6) is 0 Å². The molecule has 2 aromatic rings. The largest absolute Gasteiger partial charge is 0.364 e. The summed E-state index contributed by atoms with van der Waals surface area (Å²) in [6.07, 6.45) is 2.91. The van der Waals surface area contributed by atoms with Crippen molar-refractivity contribution in [2.75, 3.05) is 5.32 Å². The zero-order valence-corrected chi connectivity index (χ0v) is 11.4. The fourth-order valence-corrected chi connectivity index (χ4v) is 2.68. The number of anilines is 1. The van der Waals surface area contributed by atoms with Crippen LogP contribution in [0.1, 0.15) is 21.6 Å². The fraction of sp³-hybridized carbons (Fsp3) is 0.188. The van der Waals surface area contributed by atoms with Crippen LogP contribution in [0.3, 0.4) is 0 Å². The summed E-state index contributed by atoms with van der Waals surface area (Å²) in [5, 5.41) is 2.77. The molecule has 106 valence electrons. The Hall–Kier alpha value is -2.69. The maximum absolute atomic E-state index is 12.4. The number of benzene rings is 1. The summed E-state index contributed by atoms with van der Waals surface area (Å²) in [6.45, 7) is 0. The summed E-state index contributed by atoms with van der Waals surface area (Å²) >= 11 is 0. The molecule has 1 aromatic heterocycles. The van der Waals surface area contributed by atoms with E-state index in [1.807, 2.05) is 24.3 Å². The zero-order valence-electron chi connectivity index (χ0n) is 11.4. The van der Waals surface area contributed by atoms with Crippen molar-refractivity contribution in [1.29, 1.82) is 0 Å². The van der Waals surface area contributed by atoms with Crippen LogP contribution in [-0.4, -0.2) is 16.8 Å². The van der Waals surface area contributed by atoms with Crippen LogP contribution in [0.2, 0.25) is 0 Å². The van der Waals surface area contributed by atoms with Gasteiger partial charge in [0.25, 0.3) is 5.91 Å². The van der Waals surface area contributed by atoms with E-state index in [2.05, 4.69) is 10.3 Å². The minimum Gasteiger partial charge on any atom is -0.364 e. The van der Waals surface area contributed by atoms with Gasteiger partial charge in [-0.2, -0.15) is 0 Å². The molecule has 1 heterocycles. The molecular formula is C16H15N3O2. The summed E-state index contributed by atoms with van der Waals surface area (Å²) in [4.78, 5) is 27.6. The number of carbonyl (C=O) groups is 2. The highest BCUT2D eigenvalue weighted by molar-refractivity contribution is 6.02. The van der Waals surface area contributed by atoms with Crippen molar-refractivity contribution < 1.29 is 9.59 Å². The van der Waals surface area contributed by atoms with Gasteiger partial charge < -0.3 is 11.1 Å². The maximum Gasteiger partial charge on any atom is 0.269 e. The molecule has 1 aliphatic rings. The molecule has 21 heavy (non-hydrogen) atoms. The molecule has 0 aliphatic heterocycles. The Morgan fingerprint density at radius 1 is 1.10 bits per heavy atom. The first-order valence-electron chi connectivity index (χ1n) is 6.77. The van der Waals surface area contributed by atoms with Crippen LogP contribution in [0.15, 0.2) is 42.6 Å². The van der Waals surface area contributed by atoms with Gasteiger partial charge >= 0.3 is 0 Å². The van der Waals surface area contributed by atoms with Crippen molar-refractivity contribution in [3.05, 3.63) is 59.4 Å². The first-order valence-corrected chi connectivity index (χ1v) is 6.77. The average molecular weight is 281 g/mol. The third-order valence-electron chi connectivity index (χ3n) is 3.72. The van der Waals surface area contributed by atoms with Crippen LogP contribution in [0.25, 0.3) is 0 Å². The molecule has 0 unspecified atom stereocenters. The van der Waals surface area contributed by atoms with Gasteiger partial charge in [0, 0.05) is 12.1 Å². The molecule has 1 aromatic carbocycles. The molecule has 0 fully saturated rings. The molecule has 0 saturated heterocycles. The minimum atomic E-state index is -0.652. The topological polar surface area (TPSA) is 85.1 Å². The third-order valence-corrected chi connectivity index (χ3v) is 3.72. The number of rotatable bonds is 3. The van der Waals surface area contributed by atoms with Gasteiger partial charge in [-0.1, -0.05) is 24.3 Å². The van der Waals surface area contributed by atoms with Gasteiger partial charge in [0.1, 0.15) is 0 Å². The predicted octanol–water partition coefficient (Wildman–Crippen LogP) is 1.53. The summed E-state index contributed by atoms with van der Waals surface area (Å²) < 4.78 is 0. The van der Waals surface area contributed by atoms with Crippen LogP contribution >= 0.6 is 0 Å². The second-order valence-electron chi connectivity index (χ2n) is 5.13. The number of hydrogen-bond acceptors (Lipinski definition) is 3. The maximum atomic E-state index is 12.4. The van der Waals surface area contributed by atoms with E-state index in [1.165, 1.54) is 17.3 Å². The van der Waals surface area contributed by atoms with Gasteiger partial charge in [0.15, 0.2) is 5.69 Å². The standard InChI is InChI=1S/C16H15N3O2/c17-15(20)14-13(6-3-7-18-14)19-16(21)12-8-10-4-1-2-5-11(10)9-12/h1-7,12H,8-9H2,(H2,17,20)(H,19,21). The number of hydrogen-bond donors (Lipinski definition) is 2. The number of nitrogens with two attached hydrogens (primary N) is 1. The third kappa shape index (κ3) is 2.63. The van der Waals surface area contributed by atoms with Gasteiger partial charge in [0.2, 0.25) is 5.91 Å². The second-order valence-corrected chi connectivity index (χ2v) is 5.13. The zero-order chi connectivity index (χ0) is 14.8. The smallest absolute Gasteiger partial charge is 0.269 e. The Labute approximate surface area is 122 Å². The van der Waals surface area contributed by atoms with Crippen LogP contribution < -0.4 is 11.1 Å². The molecule has 1 aliphatic carbocycles. The quantitative estimate of drug-likeness (QED) is 0.894. The van der Waals surface area contributed by atoms with Crippen molar-refractivity contribution in [3.8, 4) is 0 Å². The first kappa shape index (κ1) is 13.3. The van der Waals surface area contributed by atoms with E-state index in [1.54, 1.807) is 12.1 Å². The molecule has 2 amide bonds. The van der Waals surface area contributed by atoms with E-state index < -0.39 is 5.91 Å². The predicted molar refractivity (Wildman–Crippen MR) is 78.7 cm³/mol. The molecule has 5 heteroatoms. The SMILES string of the molecule is NC(=O)c1ncccc1NC(=O)C1Cc2ccccc2C1. The molecule has 3 N–H and O–H groups in total. The van der Waals surface area contributed by atoms with Crippen molar-refractivity contribution >= 4 is 17.5 Å². The van der Waals surface area contributed by atoms with E-state index in [9.17, 15) is 9.59 Å². The monoisotopic (exact) mass is 281 g/mol. The van der Waals surface area contributed by atoms with Gasteiger partial charge in [-0.3, -0.25) is 9.59 Å². The molecule has 0 bridgehead atoms. The van der Waals surface area contributed by atoms with Crippen LogP contribution in [0.4, 0.5) is 5.69 Å². The van der Waals surface area contributed by atoms with E-state index in [0.29, 0.717) is 18.5 Å². The lowest BCUT2D eigenvalue weighted by atomic mass is 10.1. The first-order chi connectivity index (χ1) is 10.1. The highest BCUT2D eigenvalue weighted by atomic mass is 16.2. The van der Waals surface area contributed by atoms with Gasteiger partial charge in [-0.15, -0.1) is 0 Å². The molecule has 3 rings (SSSR count). The summed E-state index contributed by atoms with van der Waals surface area (Å²) in [7, 11) is 0. The molecule has 0 saturated carbocycles. The number of fused-ring (bicyclic) bond motifs is 1. The van der Waals surface area contributed by atoms with E-state index in [0.717, 1.165) is 0 Å². The normalized spacial score (nSPS) is 13.7. The minimum absolute atomic E-state index is 0.0846. The molecular weight excluding hydrogens is 266 g/mol. The van der Waals surface area contributed by atoms with Crippen molar-refractivity contribution in [2.45, 2.75) is 12.8 Å². The lowest BCUT2D eigenvalue weighted by Crippen LogP contribution is -2.25. The molecule has 0 radical (unpaired) electrons. The highest BCUT2D eigenvalue weighted by Crippen LogP contribution is 2.27. The number of primary amides is 1. The van der Waals surface area contributed by atoms with Gasteiger partial charge in [0.05, 0.1) is 5.69 Å². The number of amides is 2. The van der Waals surface area contributed by atoms with E-state index >= 15 is 0 Å². The lowest BCUT2D eigenvalue weighted by Gasteiger charge is -2.12. The molecule has 5 nitrogen and oxygen atoms in total. The summed E-state index contributed by atoms with van der Waals surface area (Å²) in [5.41, 5.74) is 8.13. The molecule has 0 spiro atoms. The van der Waals surface area contributed by atoms with E-state index in [4.69, 9.17) is 5.73 Å².